The van der Waals surface area contributed by atoms with E-state index in [1.165, 1.54) is 0 Å². The van der Waals surface area contributed by atoms with E-state index in [2.05, 4.69) is 20.0 Å². The van der Waals surface area contributed by atoms with Crippen molar-refractivity contribution in [3.05, 3.63) is 0 Å². The Balaban J connectivity index is 1.57. The molecule has 3 aliphatic heterocycles. The van der Waals surface area contributed by atoms with E-state index in [1.807, 2.05) is 13.8 Å². The van der Waals surface area contributed by atoms with Crippen molar-refractivity contribution >= 4 is 11.8 Å². The number of nitrogens with one attached hydrogen (secondary N) is 1. The Hall–Kier alpha value is -1.18. The average molecular weight is 367 g/mol. The quantitative estimate of drug-likeness (QED) is 0.778. The lowest BCUT2D eigenvalue weighted by Crippen LogP contribution is -2.59. The van der Waals surface area contributed by atoms with Gasteiger partial charge < -0.3 is 15.0 Å². The Bertz CT molecular complexity index is 505. The summed E-state index contributed by atoms with van der Waals surface area (Å²) >= 11 is 0. The molecule has 0 aromatic rings. The van der Waals surface area contributed by atoms with Crippen LogP contribution in [0.4, 0.5) is 0 Å². The van der Waals surface area contributed by atoms with Gasteiger partial charge in [0.25, 0.3) is 0 Å². The number of rotatable bonds is 3. The Morgan fingerprint density at radius 2 is 1.85 bits per heavy atom. The molecule has 3 rings (SSSR count). The lowest BCUT2D eigenvalue weighted by atomic mass is 9.99. The molecule has 148 valence electrons. The predicted octanol–water partition coefficient (Wildman–Crippen LogP) is 0.300. The van der Waals surface area contributed by atoms with E-state index in [9.17, 15) is 9.59 Å². The molecule has 0 aromatic carbocycles. The van der Waals surface area contributed by atoms with Crippen LogP contribution in [-0.2, 0) is 14.3 Å². The fraction of sp³-hybridized carbons (Fsp3) is 0.895. The summed E-state index contributed by atoms with van der Waals surface area (Å²) < 4.78 is 5.44. The number of carbonyl (C=O) groups excluding carboxylic acids is 2. The van der Waals surface area contributed by atoms with Gasteiger partial charge in [-0.15, -0.1) is 0 Å². The summed E-state index contributed by atoms with van der Waals surface area (Å²) in [5, 5.41) is 2.97. The van der Waals surface area contributed by atoms with Crippen LogP contribution in [0.25, 0.3) is 0 Å². The molecule has 3 heterocycles. The van der Waals surface area contributed by atoms with Crippen molar-refractivity contribution in [2.45, 2.75) is 51.1 Å². The third kappa shape index (κ3) is 4.56. The van der Waals surface area contributed by atoms with Gasteiger partial charge in [0.15, 0.2) is 0 Å². The van der Waals surface area contributed by atoms with Crippen LogP contribution >= 0.6 is 0 Å². The summed E-state index contributed by atoms with van der Waals surface area (Å²) in [5.74, 6) is 0.408. The van der Waals surface area contributed by atoms with Gasteiger partial charge in [-0.05, 0) is 33.1 Å². The maximum Gasteiger partial charge on any atom is 0.242 e. The SMILES string of the molecule is CC(C)(C(=O)N1CCCN(C2CCNC(=O)CC2)CC1)N1CCOCC1. The van der Waals surface area contributed by atoms with Gasteiger partial charge in [-0.1, -0.05) is 0 Å². The maximum absolute atomic E-state index is 13.2. The first-order valence-electron chi connectivity index (χ1n) is 10.1. The molecular formula is C19H34N4O3. The van der Waals surface area contributed by atoms with Gasteiger partial charge in [-0.25, -0.2) is 0 Å². The van der Waals surface area contributed by atoms with Crippen molar-refractivity contribution in [1.82, 2.24) is 20.0 Å². The van der Waals surface area contributed by atoms with Crippen LogP contribution in [0.15, 0.2) is 0 Å². The predicted molar refractivity (Wildman–Crippen MR) is 99.9 cm³/mol. The molecule has 3 saturated heterocycles. The number of nitrogens with zero attached hydrogens (tertiary/aromatic N) is 3. The minimum Gasteiger partial charge on any atom is -0.379 e. The maximum atomic E-state index is 13.2. The summed E-state index contributed by atoms with van der Waals surface area (Å²) in [6, 6.07) is 0.455. The van der Waals surface area contributed by atoms with Crippen molar-refractivity contribution in [2.75, 3.05) is 59.0 Å². The monoisotopic (exact) mass is 366 g/mol. The molecule has 7 nitrogen and oxygen atoms in total. The summed E-state index contributed by atoms with van der Waals surface area (Å²) in [4.78, 5) is 31.6. The molecule has 1 atom stereocenters. The molecule has 0 saturated carbocycles. The van der Waals surface area contributed by atoms with Gasteiger partial charge in [0.05, 0.1) is 18.8 Å². The van der Waals surface area contributed by atoms with E-state index >= 15 is 0 Å². The van der Waals surface area contributed by atoms with Gasteiger partial charge in [0, 0.05) is 58.3 Å². The Morgan fingerprint density at radius 3 is 2.62 bits per heavy atom. The zero-order valence-electron chi connectivity index (χ0n) is 16.3. The van der Waals surface area contributed by atoms with E-state index in [0.717, 1.165) is 65.1 Å². The highest BCUT2D eigenvalue weighted by Crippen LogP contribution is 2.22. The highest BCUT2D eigenvalue weighted by Gasteiger charge is 2.39. The van der Waals surface area contributed by atoms with Crippen LogP contribution in [0.5, 0.6) is 0 Å². The van der Waals surface area contributed by atoms with Crippen LogP contribution < -0.4 is 5.32 Å². The lowest BCUT2D eigenvalue weighted by molar-refractivity contribution is -0.145. The van der Waals surface area contributed by atoms with Crippen LogP contribution in [-0.4, -0.2) is 97.1 Å². The smallest absolute Gasteiger partial charge is 0.242 e. The molecule has 3 fully saturated rings. The molecular weight excluding hydrogens is 332 g/mol. The second kappa shape index (κ2) is 8.67. The molecule has 0 bridgehead atoms. The van der Waals surface area contributed by atoms with Crippen molar-refractivity contribution in [1.29, 1.82) is 0 Å². The van der Waals surface area contributed by atoms with E-state index in [-0.39, 0.29) is 11.8 Å². The van der Waals surface area contributed by atoms with Crippen molar-refractivity contribution in [2.24, 2.45) is 0 Å². The highest BCUT2D eigenvalue weighted by atomic mass is 16.5. The molecule has 0 radical (unpaired) electrons. The first-order valence-corrected chi connectivity index (χ1v) is 10.1. The molecule has 0 aliphatic carbocycles. The summed E-state index contributed by atoms with van der Waals surface area (Å²) in [5.41, 5.74) is -0.475. The van der Waals surface area contributed by atoms with E-state index in [0.29, 0.717) is 25.7 Å². The summed E-state index contributed by atoms with van der Waals surface area (Å²) in [6.45, 7) is 11.5. The van der Waals surface area contributed by atoms with E-state index < -0.39 is 5.54 Å². The molecule has 3 aliphatic rings. The van der Waals surface area contributed by atoms with Crippen LogP contribution in [0.2, 0.25) is 0 Å². The Morgan fingerprint density at radius 1 is 1.08 bits per heavy atom. The number of hydrogen-bond acceptors (Lipinski definition) is 5. The zero-order chi connectivity index (χ0) is 18.6. The van der Waals surface area contributed by atoms with Crippen LogP contribution in [0.3, 0.4) is 0 Å². The summed E-state index contributed by atoms with van der Waals surface area (Å²) in [6.07, 6.45) is 3.56. The van der Waals surface area contributed by atoms with E-state index in [4.69, 9.17) is 4.74 Å². The Kier molecular flexibility index (Phi) is 6.53. The zero-order valence-corrected chi connectivity index (χ0v) is 16.3. The molecule has 1 N–H and O–H groups in total. The number of amides is 2. The standard InChI is InChI=1S/C19H34N4O3/c1-19(2,23-12-14-26-15-13-23)18(25)22-9-3-8-21(10-11-22)16-4-5-17(24)20-7-6-16/h16H,3-15H2,1-2H3,(H,20,24). The molecule has 26 heavy (non-hydrogen) atoms. The van der Waals surface area contributed by atoms with Crippen molar-refractivity contribution in [3.63, 3.8) is 0 Å². The van der Waals surface area contributed by atoms with Crippen molar-refractivity contribution < 1.29 is 14.3 Å². The fourth-order valence-electron chi connectivity index (χ4n) is 4.42. The van der Waals surface area contributed by atoms with Crippen LogP contribution in [0, 0.1) is 0 Å². The molecule has 2 amide bonds. The van der Waals surface area contributed by atoms with Gasteiger partial charge in [-0.2, -0.15) is 0 Å². The number of morpholine rings is 1. The third-order valence-electron chi connectivity index (χ3n) is 6.16. The topological polar surface area (TPSA) is 65.1 Å². The minimum atomic E-state index is -0.475. The Labute approximate surface area is 157 Å². The highest BCUT2D eigenvalue weighted by molar-refractivity contribution is 5.85. The normalized spacial score (nSPS) is 27.5. The lowest BCUT2D eigenvalue weighted by Gasteiger charge is -2.42. The number of hydrogen-bond donors (Lipinski definition) is 1. The van der Waals surface area contributed by atoms with Gasteiger partial charge in [0.1, 0.15) is 0 Å². The summed E-state index contributed by atoms with van der Waals surface area (Å²) in [7, 11) is 0. The first-order chi connectivity index (χ1) is 12.5. The average Bonchev–Trinajstić information content (AvgIpc) is 3.02. The molecule has 1 unspecified atom stereocenters. The molecule has 0 spiro atoms. The minimum absolute atomic E-state index is 0.173. The van der Waals surface area contributed by atoms with Gasteiger partial charge in [-0.3, -0.25) is 19.4 Å². The second-order valence-electron chi connectivity index (χ2n) is 8.17. The third-order valence-corrected chi connectivity index (χ3v) is 6.16. The molecule has 0 aromatic heterocycles. The first kappa shape index (κ1) is 19.6. The van der Waals surface area contributed by atoms with Gasteiger partial charge in [0.2, 0.25) is 11.8 Å². The van der Waals surface area contributed by atoms with Crippen LogP contribution in [0.1, 0.15) is 39.5 Å². The fourth-order valence-corrected chi connectivity index (χ4v) is 4.42. The second-order valence-corrected chi connectivity index (χ2v) is 8.17. The van der Waals surface area contributed by atoms with E-state index in [1.54, 1.807) is 0 Å². The number of carbonyl (C=O) groups is 2. The number of ether oxygens (including phenoxy) is 1. The largest absolute Gasteiger partial charge is 0.379 e. The molecule has 7 heteroatoms. The van der Waals surface area contributed by atoms with Gasteiger partial charge >= 0.3 is 0 Å². The van der Waals surface area contributed by atoms with Crippen molar-refractivity contribution in [3.8, 4) is 0 Å².